The Hall–Kier alpha value is -1.14. The van der Waals surface area contributed by atoms with E-state index >= 15 is 0 Å². The van der Waals surface area contributed by atoms with Gasteiger partial charge < -0.3 is 10.2 Å². The molecule has 0 aromatic heterocycles. The smallest absolute Gasteiger partial charge is 0.241 e. The summed E-state index contributed by atoms with van der Waals surface area (Å²) in [5, 5.41) is 3.43. The summed E-state index contributed by atoms with van der Waals surface area (Å²) in [5.74, 6) is 0.641. The van der Waals surface area contributed by atoms with E-state index in [9.17, 15) is 4.79 Å². The molecule has 0 saturated carbocycles. The number of fused-ring (bicyclic) bond motifs is 1. The SMILES string of the molecule is CC1(c2ccccc2)CCN(C(=O)C2NNC3CCNCC32)CC1.Cl. The van der Waals surface area contributed by atoms with Gasteiger partial charge in [-0.1, -0.05) is 37.3 Å². The maximum Gasteiger partial charge on any atom is 0.241 e. The number of likely N-dealkylation sites (tertiary alicyclic amines) is 1. The number of rotatable bonds is 2. The van der Waals surface area contributed by atoms with Gasteiger partial charge in [-0.15, -0.1) is 12.4 Å². The lowest BCUT2D eigenvalue weighted by atomic mass is 9.74. The number of nitrogens with one attached hydrogen (secondary N) is 3. The molecule has 3 unspecified atom stereocenters. The molecule has 25 heavy (non-hydrogen) atoms. The summed E-state index contributed by atoms with van der Waals surface area (Å²) in [5.41, 5.74) is 8.19. The van der Waals surface area contributed by atoms with Gasteiger partial charge in [0.25, 0.3) is 0 Å². The first kappa shape index (κ1) is 18.6. The van der Waals surface area contributed by atoms with Crippen LogP contribution in [0, 0.1) is 5.92 Å². The highest BCUT2D eigenvalue weighted by Crippen LogP contribution is 2.35. The van der Waals surface area contributed by atoms with E-state index in [4.69, 9.17) is 0 Å². The van der Waals surface area contributed by atoms with Crippen LogP contribution in [0.1, 0.15) is 31.7 Å². The fraction of sp³-hybridized carbons (Fsp3) is 0.632. The fourth-order valence-corrected chi connectivity index (χ4v) is 4.51. The maximum atomic E-state index is 13.0. The molecule has 3 aliphatic rings. The molecule has 3 fully saturated rings. The normalized spacial score (nSPS) is 31.1. The summed E-state index contributed by atoms with van der Waals surface area (Å²) < 4.78 is 0. The van der Waals surface area contributed by atoms with E-state index in [0.29, 0.717) is 12.0 Å². The van der Waals surface area contributed by atoms with Gasteiger partial charge in [0.05, 0.1) is 0 Å². The average Bonchev–Trinajstić information content (AvgIpc) is 3.07. The first-order valence-electron chi connectivity index (χ1n) is 9.23. The third kappa shape index (κ3) is 3.56. The summed E-state index contributed by atoms with van der Waals surface area (Å²) in [7, 11) is 0. The number of piperidine rings is 2. The van der Waals surface area contributed by atoms with E-state index < -0.39 is 0 Å². The lowest BCUT2D eigenvalue weighted by molar-refractivity contribution is -0.135. The number of hydrogen-bond donors (Lipinski definition) is 3. The van der Waals surface area contributed by atoms with Gasteiger partial charge in [0, 0.05) is 31.6 Å². The zero-order chi connectivity index (χ0) is 16.6. The van der Waals surface area contributed by atoms with Gasteiger partial charge in [-0.2, -0.15) is 0 Å². The molecule has 5 nitrogen and oxygen atoms in total. The Kier molecular flexibility index (Phi) is 5.68. The maximum absolute atomic E-state index is 13.0. The van der Waals surface area contributed by atoms with Crippen molar-refractivity contribution >= 4 is 18.3 Å². The van der Waals surface area contributed by atoms with Crippen LogP contribution in [0.4, 0.5) is 0 Å². The number of halogens is 1. The second-order valence-electron chi connectivity index (χ2n) is 7.78. The van der Waals surface area contributed by atoms with E-state index in [1.165, 1.54) is 5.56 Å². The van der Waals surface area contributed by atoms with Crippen LogP contribution in [0.3, 0.4) is 0 Å². The summed E-state index contributed by atoms with van der Waals surface area (Å²) in [6.45, 7) is 6.01. The second kappa shape index (κ2) is 7.62. The number of hydrogen-bond acceptors (Lipinski definition) is 4. The van der Waals surface area contributed by atoms with Crippen molar-refractivity contribution in [2.75, 3.05) is 26.2 Å². The van der Waals surface area contributed by atoms with Gasteiger partial charge in [-0.05, 0) is 36.8 Å². The fourth-order valence-electron chi connectivity index (χ4n) is 4.51. The summed E-state index contributed by atoms with van der Waals surface area (Å²) in [4.78, 5) is 15.1. The van der Waals surface area contributed by atoms with Crippen molar-refractivity contribution in [3.8, 4) is 0 Å². The lowest BCUT2D eigenvalue weighted by Gasteiger charge is -2.41. The predicted octanol–water partition coefficient (Wildman–Crippen LogP) is 1.44. The predicted molar refractivity (Wildman–Crippen MR) is 102 cm³/mol. The van der Waals surface area contributed by atoms with Gasteiger partial charge in [-0.25, -0.2) is 5.43 Å². The monoisotopic (exact) mass is 364 g/mol. The Morgan fingerprint density at radius 2 is 1.88 bits per heavy atom. The molecule has 3 aliphatic heterocycles. The third-order valence-corrected chi connectivity index (χ3v) is 6.30. The molecule has 4 rings (SSSR count). The van der Waals surface area contributed by atoms with Gasteiger partial charge >= 0.3 is 0 Å². The third-order valence-electron chi connectivity index (χ3n) is 6.30. The largest absolute Gasteiger partial charge is 0.341 e. The van der Waals surface area contributed by atoms with Gasteiger partial charge in [0.1, 0.15) is 6.04 Å². The molecule has 1 aromatic rings. The topological polar surface area (TPSA) is 56.4 Å². The lowest BCUT2D eigenvalue weighted by Crippen LogP contribution is -2.53. The molecular formula is C19H29ClN4O. The van der Waals surface area contributed by atoms with Crippen LogP contribution in [0.25, 0.3) is 0 Å². The molecule has 3 heterocycles. The number of amides is 1. The van der Waals surface area contributed by atoms with Gasteiger partial charge in [0.2, 0.25) is 5.91 Å². The molecule has 6 heteroatoms. The van der Waals surface area contributed by atoms with Crippen LogP contribution in [0.15, 0.2) is 30.3 Å². The molecular weight excluding hydrogens is 336 g/mol. The van der Waals surface area contributed by atoms with Crippen molar-refractivity contribution in [3.05, 3.63) is 35.9 Å². The van der Waals surface area contributed by atoms with E-state index in [1.54, 1.807) is 0 Å². The molecule has 1 aromatic carbocycles. The number of carbonyl (C=O) groups is 1. The Bertz CT molecular complexity index is 588. The Labute approximate surface area is 156 Å². The van der Waals surface area contributed by atoms with Crippen molar-refractivity contribution in [1.29, 1.82) is 0 Å². The zero-order valence-electron chi connectivity index (χ0n) is 14.8. The van der Waals surface area contributed by atoms with E-state index in [2.05, 4.69) is 58.3 Å². The Balaban J connectivity index is 0.00000182. The molecule has 0 radical (unpaired) electrons. The molecule has 3 N–H and O–H groups in total. The molecule has 1 amide bonds. The van der Waals surface area contributed by atoms with Gasteiger partial charge in [-0.3, -0.25) is 10.2 Å². The highest BCUT2D eigenvalue weighted by atomic mass is 35.5. The summed E-state index contributed by atoms with van der Waals surface area (Å²) >= 11 is 0. The van der Waals surface area contributed by atoms with Crippen molar-refractivity contribution in [3.63, 3.8) is 0 Å². The standard InChI is InChI=1S/C19H28N4O.ClH/c1-19(14-5-3-2-4-6-14)8-11-23(12-9-19)18(24)17-15-13-20-10-7-16(15)21-22-17;/h2-6,15-17,20-22H,7-13H2,1H3;1H. The van der Waals surface area contributed by atoms with Crippen LogP contribution in [-0.4, -0.2) is 49.1 Å². The number of nitrogens with zero attached hydrogens (tertiary/aromatic N) is 1. The second-order valence-corrected chi connectivity index (χ2v) is 7.78. The van der Waals surface area contributed by atoms with E-state index in [1.807, 2.05) is 0 Å². The van der Waals surface area contributed by atoms with Crippen molar-refractivity contribution in [2.24, 2.45) is 5.92 Å². The highest BCUT2D eigenvalue weighted by Gasteiger charge is 2.44. The van der Waals surface area contributed by atoms with Crippen LogP contribution in [-0.2, 0) is 10.2 Å². The molecule has 138 valence electrons. The first-order valence-corrected chi connectivity index (χ1v) is 9.23. The van der Waals surface area contributed by atoms with Crippen LogP contribution < -0.4 is 16.2 Å². The Morgan fingerprint density at radius 3 is 2.60 bits per heavy atom. The van der Waals surface area contributed by atoms with Crippen LogP contribution in [0.2, 0.25) is 0 Å². The molecule has 0 bridgehead atoms. The van der Waals surface area contributed by atoms with Crippen molar-refractivity contribution < 1.29 is 4.79 Å². The van der Waals surface area contributed by atoms with E-state index in [0.717, 1.165) is 45.4 Å². The van der Waals surface area contributed by atoms with Crippen molar-refractivity contribution in [1.82, 2.24) is 21.1 Å². The summed E-state index contributed by atoms with van der Waals surface area (Å²) in [6.07, 6.45) is 3.16. The minimum atomic E-state index is -0.0797. The molecule has 3 atom stereocenters. The Morgan fingerprint density at radius 1 is 1.16 bits per heavy atom. The summed E-state index contributed by atoms with van der Waals surface area (Å²) in [6, 6.07) is 11.1. The molecule has 3 saturated heterocycles. The minimum Gasteiger partial charge on any atom is -0.341 e. The number of carbonyl (C=O) groups excluding carboxylic acids is 1. The van der Waals surface area contributed by atoms with Crippen LogP contribution >= 0.6 is 12.4 Å². The van der Waals surface area contributed by atoms with E-state index in [-0.39, 0.29) is 29.8 Å². The quantitative estimate of drug-likeness (QED) is 0.743. The van der Waals surface area contributed by atoms with Crippen LogP contribution in [0.5, 0.6) is 0 Å². The number of hydrazine groups is 1. The average molecular weight is 365 g/mol. The highest BCUT2D eigenvalue weighted by molar-refractivity contribution is 5.85. The van der Waals surface area contributed by atoms with Crippen molar-refractivity contribution in [2.45, 2.75) is 43.7 Å². The minimum absolute atomic E-state index is 0. The first-order chi connectivity index (χ1) is 11.7. The zero-order valence-corrected chi connectivity index (χ0v) is 15.6. The number of benzene rings is 1. The molecule has 0 spiro atoms. The van der Waals surface area contributed by atoms with Gasteiger partial charge in [0.15, 0.2) is 0 Å². The molecule has 0 aliphatic carbocycles.